The molecule has 2 N–H and O–H groups in total. The first-order chi connectivity index (χ1) is 7.34. The van der Waals surface area contributed by atoms with Crippen LogP contribution in [0.3, 0.4) is 0 Å². The highest BCUT2D eigenvalue weighted by atomic mass is 16.3. The standard InChI is InChI=1S/C13H27NO/c1-2-3-4-5-6-10-13(15)12-9-7-8-11-14-12/h12-15H,2-11H2,1H3. The van der Waals surface area contributed by atoms with Gasteiger partial charge < -0.3 is 10.4 Å². The van der Waals surface area contributed by atoms with Crippen LogP contribution < -0.4 is 5.32 Å². The lowest BCUT2D eigenvalue weighted by Crippen LogP contribution is -2.43. The number of piperidine rings is 1. The molecule has 1 heterocycles. The van der Waals surface area contributed by atoms with Gasteiger partial charge in [-0.1, -0.05) is 45.4 Å². The fourth-order valence-electron chi connectivity index (χ4n) is 2.37. The van der Waals surface area contributed by atoms with Gasteiger partial charge in [0.05, 0.1) is 6.10 Å². The first-order valence-corrected chi connectivity index (χ1v) is 6.76. The number of hydrogen-bond donors (Lipinski definition) is 2. The number of unbranched alkanes of at least 4 members (excludes halogenated alkanes) is 4. The Morgan fingerprint density at radius 1 is 1.20 bits per heavy atom. The van der Waals surface area contributed by atoms with Crippen LogP contribution in [0.15, 0.2) is 0 Å². The molecule has 1 saturated heterocycles. The molecule has 0 bridgehead atoms. The predicted octanol–water partition coefficient (Wildman–Crippen LogP) is 2.85. The molecule has 2 heteroatoms. The Morgan fingerprint density at radius 2 is 2.00 bits per heavy atom. The van der Waals surface area contributed by atoms with Crippen LogP contribution in [0.4, 0.5) is 0 Å². The summed E-state index contributed by atoms with van der Waals surface area (Å²) in [6.07, 6.45) is 11.1. The van der Waals surface area contributed by atoms with E-state index >= 15 is 0 Å². The highest BCUT2D eigenvalue weighted by Crippen LogP contribution is 2.15. The molecule has 0 aromatic carbocycles. The fourth-order valence-corrected chi connectivity index (χ4v) is 2.37. The van der Waals surface area contributed by atoms with E-state index < -0.39 is 0 Å². The van der Waals surface area contributed by atoms with Crippen LogP contribution in [0.5, 0.6) is 0 Å². The van der Waals surface area contributed by atoms with Crippen molar-refractivity contribution in [3.63, 3.8) is 0 Å². The number of aliphatic hydroxyl groups is 1. The Bertz CT molecular complexity index is 143. The molecule has 15 heavy (non-hydrogen) atoms. The van der Waals surface area contributed by atoms with E-state index in [2.05, 4.69) is 12.2 Å². The molecular weight excluding hydrogens is 186 g/mol. The zero-order valence-corrected chi connectivity index (χ0v) is 10.2. The summed E-state index contributed by atoms with van der Waals surface area (Å²) in [4.78, 5) is 0. The Balaban J connectivity index is 1.99. The number of hydrogen-bond acceptors (Lipinski definition) is 2. The van der Waals surface area contributed by atoms with Crippen LogP contribution in [0, 0.1) is 0 Å². The quantitative estimate of drug-likeness (QED) is 0.637. The Labute approximate surface area is 94.5 Å². The van der Waals surface area contributed by atoms with Gasteiger partial charge in [-0.05, 0) is 25.8 Å². The van der Waals surface area contributed by atoms with Crippen LogP contribution >= 0.6 is 0 Å². The van der Waals surface area contributed by atoms with Gasteiger partial charge in [-0.2, -0.15) is 0 Å². The molecular formula is C13H27NO. The monoisotopic (exact) mass is 213 g/mol. The van der Waals surface area contributed by atoms with E-state index in [9.17, 15) is 5.11 Å². The SMILES string of the molecule is CCCCCCCC(O)C1CCCCN1. The van der Waals surface area contributed by atoms with Gasteiger partial charge in [0, 0.05) is 6.04 Å². The highest BCUT2D eigenvalue weighted by Gasteiger charge is 2.20. The summed E-state index contributed by atoms with van der Waals surface area (Å²) in [5, 5.41) is 13.4. The van der Waals surface area contributed by atoms with E-state index in [0.717, 1.165) is 19.4 Å². The molecule has 0 radical (unpaired) electrons. The van der Waals surface area contributed by atoms with Crippen molar-refractivity contribution in [1.82, 2.24) is 5.32 Å². The fraction of sp³-hybridized carbons (Fsp3) is 1.00. The molecule has 0 aliphatic carbocycles. The molecule has 2 unspecified atom stereocenters. The lowest BCUT2D eigenvalue weighted by molar-refractivity contribution is 0.102. The Morgan fingerprint density at radius 3 is 2.67 bits per heavy atom. The maximum atomic E-state index is 9.97. The molecule has 0 aromatic rings. The molecule has 0 spiro atoms. The largest absolute Gasteiger partial charge is 0.392 e. The summed E-state index contributed by atoms with van der Waals surface area (Å²) in [6, 6.07) is 0.380. The maximum absolute atomic E-state index is 9.97. The first-order valence-electron chi connectivity index (χ1n) is 6.76. The second-order valence-corrected chi connectivity index (χ2v) is 4.83. The van der Waals surface area contributed by atoms with E-state index in [1.165, 1.54) is 44.9 Å². The normalized spacial score (nSPS) is 24.0. The van der Waals surface area contributed by atoms with E-state index in [0.29, 0.717) is 6.04 Å². The molecule has 1 fully saturated rings. The van der Waals surface area contributed by atoms with Gasteiger partial charge >= 0.3 is 0 Å². The van der Waals surface area contributed by atoms with Crippen molar-refractivity contribution in [3.8, 4) is 0 Å². The summed E-state index contributed by atoms with van der Waals surface area (Å²) in [5.74, 6) is 0. The van der Waals surface area contributed by atoms with Crippen molar-refractivity contribution < 1.29 is 5.11 Å². The van der Waals surface area contributed by atoms with Gasteiger partial charge in [-0.25, -0.2) is 0 Å². The molecule has 1 aliphatic heterocycles. The van der Waals surface area contributed by atoms with Gasteiger partial charge in [0.15, 0.2) is 0 Å². The minimum absolute atomic E-state index is 0.105. The summed E-state index contributed by atoms with van der Waals surface area (Å²) < 4.78 is 0. The van der Waals surface area contributed by atoms with Gasteiger partial charge in [-0.15, -0.1) is 0 Å². The topological polar surface area (TPSA) is 32.3 Å². The molecule has 2 atom stereocenters. The molecule has 0 aromatic heterocycles. The average molecular weight is 213 g/mol. The van der Waals surface area contributed by atoms with Gasteiger partial charge in [0.1, 0.15) is 0 Å². The van der Waals surface area contributed by atoms with Crippen molar-refractivity contribution in [2.75, 3.05) is 6.54 Å². The second kappa shape index (κ2) is 8.12. The van der Waals surface area contributed by atoms with E-state index in [4.69, 9.17) is 0 Å². The Kier molecular flexibility index (Phi) is 7.03. The molecule has 1 aliphatic rings. The van der Waals surface area contributed by atoms with Crippen LogP contribution in [0.1, 0.15) is 64.7 Å². The van der Waals surface area contributed by atoms with Gasteiger partial charge in [-0.3, -0.25) is 0 Å². The lowest BCUT2D eigenvalue weighted by atomic mass is 9.96. The molecule has 2 nitrogen and oxygen atoms in total. The van der Waals surface area contributed by atoms with Gasteiger partial charge in [0.2, 0.25) is 0 Å². The predicted molar refractivity (Wildman–Crippen MR) is 65.0 cm³/mol. The summed E-state index contributed by atoms with van der Waals surface area (Å²) in [6.45, 7) is 3.33. The average Bonchev–Trinajstić information content (AvgIpc) is 2.30. The zero-order chi connectivity index (χ0) is 10.9. The minimum Gasteiger partial charge on any atom is -0.392 e. The van der Waals surface area contributed by atoms with Crippen molar-refractivity contribution in [1.29, 1.82) is 0 Å². The van der Waals surface area contributed by atoms with E-state index in [1.54, 1.807) is 0 Å². The molecule has 0 saturated carbocycles. The van der Waals surface area contributed by atoms with Crippen molar-refractivity contribution in [2.24, 2.45) is 0 Å². The maximum Gasteiger partial charge on any atom is 0.0693 e. The summed E-state index contributed by atoms with van der Waals surface area (Å²) >= 11 is 0. The number of nitrogens with one attached hydrogen (secondary N) is 1. The van der Waals surface area contributed by atoms with Crippen molar-refractivity contribution >= 4 is 0 Å². The first kappa shape index (κ1) is 13.0. The van der Waals surface area contributed by atoms with E-state index in [1.807, 2.05) is 0 Å². The van der Waals surface area contributed by atoms with Crippen LogP contribution in [0.2, 0.25) is 0 Å². The van der Waals surface area contributed by atoms with Crippen molar-refractivity contribution in [2.45, 2.75) is 76.9 Å². The molecule has 1 rings (SSSR count). The summed E-state index contributed by atoms with van der Waals surface area (Å²) in [5.41, 5.74) is 0. The number of rotatable bonds is 7. The second-order valence-electron chi connectivity index (χ2n) is 4.83. The minimum atomic E-state index is -0.105. The third kappa shape index (κ3) is 5.53. The molecule has 90 valence electrons. The Hall–Kier alpha value is -0.0800. The van der Waals surface area contributed by atoms with Crippen molar-refractivity contribution in [3.05, 3.63) is 0 Å². The zero-order valence-electron chi connectivity index (χ0n) is 10.2. The van der Waals surface area contributed by atoms with Crippen LogP contribution in [0.25, 0.3) is 0 Å². The highest BCUT2D eigenvalue weighted by molar-refractivity contribution is 4.79. The van der Waals surface area contributed by atoms with Gasteiger partial charge in [0.25, 0.3) is 0 Å². The third-order valence-electron chi connectivity index (χ3n) is 3.42. The lowest BCUT2D eigenvalue weighted by Gasteiger charge is -2.28. The van der Waals surface area contributed by atoms with E-state index in [-0.39, 0.29) is 6.10 Å². The smallest absolute Gasteiger partial charge is 0.0693 e. The van der Waals surface area contributed by atoms with Crippen LogP contribution in [-0.4, -0.2) is 23.8 Å². The number of aliphatic hydroxyl groups excluding tert-OH is 1. The summed E-state index contributed by atoms with van der Waals surface area (Å²) in [7, 11) is 0. The third-order valence-corrected chi connectivity index (χ3v) is 3.42. The molecule has 0 amide bonds. The van der Waals surface area contributed by atoms with Crippen LogP contribution in [-0.2, 0) is 0 Å².